The fraction of sp³-hybridized carbons (Fsp3) is 0.190. The second kappa shape index (κ2) is 7.60. The fourth-order valence-corrected chi connectivity index (χ4v) is 3.77. The molecule has 0 saturated heterocycles. The van der Waals surface area contributed by atoms with Crippen LogP contribution in [0.15, 0.2) is 42.5 Å². The summed E-state index contributed by atoms with van der Waals surface area (Å²) in [5, 5.41) is 10.2. The molecule has 3 aromatic rings. The normalized spacial score (nSPS) is 15.4. The van der Waals surface area contributed by atoms with Gasteiger partial charge in [0.1, 0.15) is 0 Å². The molecule has 2 heterocycles. The molecule has 0 bridgehead atoms. The number of amides is 1. The van der Waals surface area contributed by atoms with Gasteiger partial charge in [0, 0.05) is 23.1 Å². The van der Waals surface area contributed by atoms with E-state index in [0.29, 0.717) is 39.2 Å². The Balaban J connectivity index is 1.83. The van der Waals surface area contributed by atoms with E-state index in [1.807, 2.05) is 6.07 Å². The minimum Gasteiger partial charge on any atom is -0.493 e. The maximum atomic E-state index is 13.3. The summed E-state index contributed by atoms with van der Waals surface area (Å²) >= 11 is 6.23. The zero-order chi connectivity index (χ0) is 20.5. The average molecular weight is 412 g/mol. The van der Waals surface area contributed by atoms with Crippen molar-refractivity contribution in [1.82, 2.24) is 10.2 Å². The van der Waals surface area contributed by atoms with E-state index in [2.05, 4.69) is 15.5 Å². The van der Waals surface area contributed by atoms with E-state index in [-0.39, 0.29) is 18.1 Å². The molecule has 0 radical (unpaired) electrons. The van der Waals surface area contributed by atoms with Gasteiger partial charge in [0.15, 0.2) is 23.1 Å². The van der Waals surface area contributed by atoms with Crippen molar-refractivity contribution in [1.29, 1.82) is 0 Å². The van der Waals surface area contributed by atoms with Crippen molar-refractivity contribution in [3.63, 3.8) is 0 Å². The molecule has 0 aliphatic carbocycles. The molecule has 1 amide bonds. The average Bonchev–Trinajstić information content (AvgIpc) is 3.16. The zero-order valence-corrected chi connectivity index (χ0v) is 16.5. The first kappa shape index (κ1) is 19.0. The van der Waals surface area contributed by atoms with Crippen LogP contribution in [0, 0.1) is 0 Å². The van der Waals surface area contributed by atoms with Gasteiger partial charge >= 0.3 is 0 Å². The molecule has 0 saturated carbocycles. The molecule has 1 atom stereocenters. The quantitative estimate of drug-likeness (QED) is 0.617. The number of benzene rings is 2. The number of Topliss-reactive ketones (excluding diaryl/α,β-unsaturated/α-hetero) is 1. The van der Waals surface area contributed by atoms with Crippen LogP contribution in [-0.4, -0.2) is 36.1 Å². The van der Waals surface area contributed by atoms with Gasteiger partial charge in [0.05, 0.1) is 30.9 Å². The number of hydrogen-bond acceptors (Lipinski definition) is 5. The Labute approximate surface area is 172 Å². The molecule has 1 aromatic heterocycles. The van der Waals surface area contributed by atoms with Gasteiger partial charge in [-0.3, -0.25) is 14.7 Å². The molecule has 148 valence electrons. The number of aromatic nitrogens is 2. The molecular formula is C21H18ClN3O4. The third-order valence-electron chi connectivity index (χ3n) is 4.93. The van der Waals surface area contributed by atoms with E-state index < -0.39 is 5.92 Å². The minimum atomic E-state index is -0.708. The van der Waals surface area contributed by atoms with Crippen molar-refractivity contribution in [2.45, 2.75) is 12.3 Å². The third-order valence-corrected chi connectivity index (χ3v) is 5.26. The van der Waals surface area contributed by atoms with Crippen molar-refractivity contribution < 1.29 is 19.1 Å². The second-order valence-electron chi connectivity index (χ2n) is 6.58. The number of nitrogens with one attached hydrogen (secondary N) is 2. The van der Waals surface area contributed by atoms with Crippen LogP contribution in [0.5, 0.6) is 11.5 Å². The number of ether oxygens (including phenoxy) is 2. The lowest BCUT2D eigenvalue weighted by Crippen LogP contribution is -2.27. The maximum absolute atomic E-state index is 13.3. The van der Waals surface area contributed by atoms with Crippen LogP contribution in [0.1, 0.15) is 28.3 Å². The number of aromatic amines is 1. The lowest BCUT2D eigenvalue weighted by Gasteiger charge is -2.22. The summed E-state index contributed by atoms with van der Waals surface area (Å²) in [7, 11) is 3.11. The predicted molar refractivity (Wildman–Crippen MR) is 109 cm³/mol. The Morgan fingerprint density at radius 2 is 1.90 bits per heavy atom. The Kier molecular flexibility index (Phi) is 4.98. The molecule has 1 unspecified atom stereocenters. The number of halogens is 1. The van der Waals surface area contributed by atoms with Gasteiger partial charge in [0.2, 0.25) is 5.91 Å². The maximum Gasteiger partial charge on any atom is 0.226 e. The highest BCUT2D eigenvalue weighted by molar-refractivity contribution is 6.34. The summed E-state index contributed by atoms with van der Waals surface area (Å²) in [5.41, 5.74) is 2.39. The second-order valence-corrected chi connectivity index (χ2v) is 6.99. The standard InChI is InChI=1S/C21H18ClN3O4/c1-28-15-8-7-11(9-16(15)29-2)19-18-13(10-17(26)23-21(18)25-24-19)20(27)12-5-3-4-6-14(12)22/h3-9,13H,10H2,1-2H3,(H2,23,24,25,26). The summed E-state index contributed by atoms with van der Waals surface area (Å²) in [5.74, 6) is 0.267. The molecule has 4 rings (SSSR count). The van der Waals surface area contributed by atoms with Crippen LogP contribution < -0.4 is 14.8 Å². The van der Waals surface area contributed by atoms with Crippen LogP contribution in [0.3, 0.4) is 0 Å². The van der Waals surface area contributed by atoms with E-state index in [1.54, 1.807) is 50.6 Å². The van der Waals surface area contributed by atoms with E-state index >= 15 is 0 Å². The van der Waals surface area contributed by atoms with Crippen molar-refractivity contribution in [2.75, 3.05) is 19.5 Å². The summed E-state index contributed by atoms with van der Waals surface area (Å²) in [4.78, 5) is 25.5. The molecule has 0 fully saturated rings. The third kappa shape index (κ3) is 3.34. The first-order valence-electron chi connectivity index (χ1n) is 8.92. The minimum absolute atomic E-state index is 0.0108. The summed E-state index contributed by atoms with van der Waals surface area (Å²) < 4.78 is 10.7. The van der Waals surface area contributed by atoms with Crippen molar-refractivity contribution >= 4 is 29.1 Å². The number of ketones is 1. The van der Waals surface area contributed by atoms with E-state index in [1.165, 1.54) is 0 Å². The van der Waals surface area contributed by atoms with Crippen LogP contribution in [0.4, 0.5) is 5.82 Å². The number of fused-ring (bicyclic) bond motifs is 1. The number of methoxy groups -OCH3 is 2. The SMILES string of the molecule is COc1ccc(-c2[nH]nc3c2C(C(=O)c2ccccc2Cl)CC(=O)N3)cc1OC. The Morgan fingerprint density at radius 1 is 1.14 bits per heavy atom. The zero-order valence-electron chi connectivity index (χ0n) is 15.8. The Morgan fingerprint density at radius 3 is 2.62 bits per heavy atom. The first-order chi connectivity index (χ1) is 14.0. The van der Waals surface area contributed by atoms with E-state index in [9.17, 15) is 9.59 Å². The molecule has 2 aromatic carbocycles. The van der Waals surface area contributed by atoms with Gasteiger partial charge in [-0.2, -0.15) is 5.10 Å². The number of nitrogens with zero attached hydrogens (tertiary/aromatic N) is 1. The number of H-pyrrole nitrogens is 1. The van der Waals surface area contributed by atoms with E-state index in [4.69, 9.17) is 21.1 Å². The lowest BCUT2D eigenvalue weighted by molar-refractivity contribution is -0.116. The smallest absolute Gasteiger partial charge is 0.226 e. The highest BCUT2D eigenvalue weighted by Crippen LogP contribution is 2.42. The first-order valence-corrected chi connectivity index (χ1v) is 9.30. The predicted octanol–water partition coefficient (Wildman–Crippen LogP) is 4.06. The number of anilines is 1. The largest absolute Gasteiger partial charge is 0.493 e. The number of rotatable bonds is 5. The van der Waals surface area contributed by atoms with Gasteiger partial charge in [0.25, 0.3) is 0 Å². The topological polar surface area (TPSA) is 93.3 Å². The number of hydrogen-bond donors (Lipinski definition) is 2. The molecule has 7 nitrogen and oxygen atoms in total. The molecule has 1 aliphatic heterocycles. The molecule has 29 heavy (non-hydrogen) atoms. The monoisotopic (exact) mass is 411 g/mol. The van der Waals surface area contributed by atoms with Crippen LogP contribution in [0.2, 0.25) is 5.02 Å². The van der Waals surface area contributed by atoms with Crippen molar-refractivity contribution in [2.24, 2.45) is 0 Å². The molecular weight excluding hydrogens is 394 g/mol. The van der Waals surface area contributed by atoms with E-state index in [0.717, 1.165) is 5.56 Å². The highest BCUT2D eigenvalue weighted by atomic mass is 35.5. The van der Waals surface area contributed by atoms with Gasteiger partial charge in [-0.05, 0) is 30.3 Å². The van der Waals surface area contributed by atoms with Crippen LogP contribution in [-0.2, 0) is 4.79 Å². The van der Waals surface area contributed by atoms with Gasteiger partial charge < -0.3 is 14.8 Å². The fourth-order valence-electron chi connectivity index (χ4n) is 3.54. The summed E-state index contributed by atoms with van der Waals surface area (Å²) in [6.07, 6.45) is 0.0108. The van der Waals surface area contributed by atoms with Crippen LogP contribution in [0.25, 0.3) is 11.3 Å². The lowest BCUT2D eigenvalue weighted by atomic mass is 9.84. The molecule has 1 aliphatic rings. The van der Waals surface area contributed by atoms with Gasteiger partial charge in [-0.25, -0.2) is 0 Å². The van der Waals surface area contributed by atoms with Gasteiger partial charge in [-0.1, -0.05) is 23.7 Å². The summed E-state index contributed by atoms with van der Waals surface area (Å²) in [6.45, 7) is 0. The molecule has 2 N–H and O–H groups in total. The molecule has 8 heteroatoms. The van der Waals surface area contributed by atoms with Crippen molar-refractivity contribution in [3.05, 3.63) is 58.6 Å². The Hall–Kier alpha value is -3.32. The van der Waals surface area contributed by atoms with Crippen molar-refractivity contribution in [3.8, 4) is 22.8 Å². The highest BCUT2D eigenvalue weighted by Gasteiger charge is 2.36. The number of carbonyl (C=O) groups excluding carboxylic acids is 2. The number of carbonyl (C=O) groups is 2. The van der Waals surface area contributed by atoms with Crippen LogP contribution >= 0.6 is 11.6 Å². The van der Waals surface area contributed by atoms with Gasteiger partial charge in [-0.15, -0.1) is 0 Å². The molecule has 0 spiro atoms. The Bertz CT molecular complexity index is 1110. The summed E-state index contributed by atoms with van der Waals surface area (Å²) in [6, 6.07) is 12.2.